The van der Waals surface area contributed by atoms with E-state index in [1.807, 2.05) is 7.05 Å². The summed E-state index contributed by atoms with van der Waals surface area (Å²) < 4.78 is 13.2. The van der Waals surface area contributed by atoms with Crippen molar-refractivity contribution < 1.29 is 4.39 Å². The van der Waals surface area contributed by atoms with Gasteiger partial charge >= 0.3 is 0 Å². The minimum Gasteiger partial charge on any atom is -0.320 e. The summed E-state index contributed by atoms with van der Waals surface area (Å²) in [5, 5.41) is 3.54. The Morgan fingerprint density at radius 3 is 2.85 bits per heavy atom. The van der Waals surface area contributed by atoms with Gasteiger partial charge in [-0.25, -0.2) is 4.39 Å². The van der Waals surface area contributed by atoms with Crippen molar-refractivity contribution in [2.75, 3.05) is 13.6 Å². The van der Waals surface area contributed by atoms with Crippen molar-refractivity contribution in [2.24, 2.45) is 0 Å². The van der Waals surface area contributed by atoms with Crippen LogP contribution in [-0.2, 0) is 6.42 Å². The summed E-state index contributed by atoms with van der Waals surface area (Å²) in [5.74, 6) is -0.205. The second-order valence-corrected chi connectivity index (χ2v) is 3.31. The molecule has 1 N–H and O–H groups in total. The number of halogens is 2. The van der Waals surface area contributed by atoms with Crippen LogP contribution in [0.15, 0.2) is 18.2 Å². The van der Waals surface area contributed by atoms with E-state index < -0.39 is 0 Å². The zero-order valence-corrected chi connectivity index (χ0v) is 8.37. The molecule has 1 nitrogen and oxygen atoms in total. The van der Waals surface area contributed by atoms with E-state index in [9.17, 15) is 4.39 Å². The van der Waals surface area contributed by atoms with Gasteiger partial charge in [0.1, 0.15) is 5.82 Å². The van der Waals surface area contributed by atoms with Crippen molar-refractivity contribution in [1.82, 2.24) is 5.32 Å². The average Bonchev–Trinajstić information content (AvgIpc) is 2.10. The highest BCUT2D eigenvalue weighted by molar-refractivity contribution is 6.31. The van der Waals surface area contributed by atoms with Gasteiger partial charge in [-0.3, -0.25) is 0 Å². The zero-order valence-electron chi connectivity index (χ0n) is 7.61. The Bertz CT molecular complexity index is 255. The summed E-state index contributed by atoms with van der Waals surface area (Å²) in [4.78, 5) is 0. The van der Waals surface area contributed by atoms with Gasteiger partial charge in [0.15, 0.2) is 0 Å². The van der Waals surface area contributed by atoms with Gasteiger partial charge in [0.25, 0.3) is 0 Å². The van der Waals surface area contributed by atoms with Gasteiger partial charge in [-0.1, -0.05) is 17.7 Å². The van der Waals surface area contributed by atoms with Gasteiger partial charge in [-0.2, -0.15) is 0 Å². The summed E-state index contributed by atoms with van der Waals surface area (Å²) in [5.41, 5.74) is 0.624. The topological polar surface area (TPSA) is 12.0 Å². The molecule has 0 fully saturated rings. The summed E-state index contributed by atoms with van der Waals surface area (Å²) in [6.07, 6.45) is 1.59. The van der Waals surface area contributed by atoms with Crippen LogP contribution in [0.4, 0.5) is 4.39 Å². The molecule has 0 aliphatic rings. The van der Waals surface area contributed by atoms with Crippen molar-refractivity contribution in [1.29, 1.82) is 0 Å². The Morgan fingerprint density at radius 1 is 1.46 bits per heavy atom. The van der Waals surface area contributed by atoms with Gasteiger partial charge in [0.2, 0.25) is 0 Å². The Balaban J connectivity index is 2.64. The number of nitrogens with one attached hydrogen (secondary N) is 1. The van der Waals surface area contributed by atoms with E-state index in [0.717, 1.165) is 13.0 Å². The molecule has 0 aliphatic heterocycles. The van der Waals surface area contributed by atoms with Crippen LogP contribution in [0.3, 0.4) is 0 Å². The molecule has 1 rings (SSSR count). The molecule has 0 aromatic heterocycles. The lowest BCUT2D eigenvalue weighted by Crippen LogP contribution is -2.09. The fourth-order valence-electron chi connectivity index (χ4n) is 1.21. The number of hydrogen-bond acceptors (Lipinski definition) is 1. The molecule has 3 heteroatoms. The molecule has 1 aromatic rings. The first-order valence-corrected chi connectivity index (χ1v) is 4.71. The number of rotatable bonds is 4. The normalized spacial score (nSPS) is 10.4. The highest BCUT2D eigenvalue weighted by Gasteiger charge is 2.05. The molecule has 0 unspecified atom stereocenters. The van der Waals surface area contributed by atoms with Crippen LogP contribution in [0.5, 0.6) is 0 Å². The van der Waals surface area contributed by atoms with E-state index in [2.05, 4.69) is 5.32 Å². The van der Waals surface area contributed by atoms with Crippen LogP contribution in [0.1, 0.15) is 12.0 Å². The van der Waals surface area contributed by atoms with E-state index in [4.69, 9.17) is 11.6 Å². The molecule has 0 saturated carbocycles. The van der Waals surface area contributed by atoms with Crippen molar-refractivity contribution in [3.05, 3.63) is 34.6 Å². The molecule has 0 radical (unpaired) electrons. The molecule has 0 heterocycles. The van der Waals surface area contributed by atoms with Crippen molar-refractivity contribution in [2.45, 2.75) is 12.8 Å². The lowest BCUT2D eigenvalue weighted by atomic mass is 10.1. The summed E-state index contributed by atoms with van der Waals surface area (Å²) in [6.45, 7) is 0.880. The maximum absolute atomic E-state index is 13.2. The molecule has 0 spiro atoms. The largest absolute Gasteiger partial charge is 0.320 e. The molecular formula is C10H13ClFN. The Kier molecular flexibility index (Phi) is 4.19. The lowest BCUT2D eigenvalue weighted by molar-refractivity contribution is 0.601. The van der Waals surface area contributed by atoms with E-state index in [0.29, 0.717) is 17.0 Å². The number of hydrogen-bond donors (Lipinski definition) is 1. The van der Waals surface area contributed by atoms with Gasteiger partial charge in [0, 0.05) is 10.6 Å². The van der Waals surface area contributed by atoms with E-state index in [1.165, 1.54) is 6.07 Å². The quantitative estimate of drug-likeness (QED) is 0.739. The van der Waals surface area contributed by atoms with Crippen molar-refractivity contribution in [3.63, 3.8) is 0 Å². The van der Waals surface area contributed by atoms with Crippen LogP contribution in [0.25, 0.3) is 0 Å². The second-order valence-electron chi connectivity index (χ2n) is 2.91. The Morgan fingerprint density at radius 2 is 2.23 bits per heavy atom. The van der Waals surface area contributed by atoms with Gasteiger partial charge in [0.05, 0.1) is 0 Å². The first-order valence-electron chi connectivity index (χ1n) is 4.33. The summed E-state index contributed by atoms with van der Waals surface area (Å²) in [7, 11) is 1.88. The maximum Gasteiger partial charge on any atom is 0.127 e. The van der Waals surface area contributed by atoms with Crippen LogP contribution in [0, 0.1) is 5.82 Å². The van der Waals surface area contributed by atoms with Gasteiger partial charge < -0.3 is 5.32 Å². The predicted molar refractivity (Wildman–Crippen MR) is 53.7 cm³/mol. The van der Waals surface area contributed by atoms with Gasteiger partial charge in [-0.05, 0) is 38.6 Å². The van der Waals surface area contributed by atoms with Gasteiger partial charge in [-0.15, -0.1) is 0 Å². The van der Waals surface area contributed by atoms with E-state index in [1.54, 1.807) is 12.1 Å². The van der Waals surface area contributed by atoms with Crippen LogP contribution >= 0.6 is 11.6 Å². The Hall–Kier alpha value is -0.600. The standard InChI is InChI=1S/C10H13ClFN/c1-13-7-3-4-8-9(11)5-2-6-10(8)12/h2,5-6,13H,3-4,7H2,1H3. The van der Waals surface area contributed by atoms with Crippen LogP contribution in [0.2, 0.25) is 5.02 Å². The van der Waals surface area contributed by atoms with Crippen molar-refractivity contribution >= 4 is 11.6 Å². The molecule has 0 saturated heterocycles. The zero-order chi connectivity index (χ0) is 9.68. The third-order valence-electron chi connectivity index (χ3n) is 1.92. The number of benzene rings is 1. The molecule has 72 valence electrons. The molecular weight excluding hydrogens is 189 g/mol. The second kappa shape index (κ2) is 5.20. The Labute approximate surface area is 82.9 Å². The van der Waals surface area contributed by atoms with E-state index >= 15 is 0 Å². The first kappa shape index (κ1) is 10.5. The van der Waals surface area contributed by atoms with Crippen LogP contribution in [-0.4, -0.2) is 13.6 Å². The fourth-order valence-corrected chi connectivity index (χ4v) is 1.47. The predicted octanol–water partition coefficient (Wildman–Crippen LogP) is 2.63. The molecule has 1 aromatic carbocycles. The van der Waals surface area contributed by atoms with Crippen molar-refractivity contribution in [3.8, 4) is 0 Å². The third kappa shape index (κ3) is 2.98. The fraction of sp³-hybridized carbons (Fsp3) is 0.400. The van der Waals surface area contributed by atoms with E-state index in [-0.39, 0.29) is 5.82 Å². The maximum atomic E-state index is 13.2. The molecule has 0 atom stereocenters. The van der Waals surface area contributed by atoms with Crippen LogP contribution < -0.4 is 5.32 Å². The first-order chi connectivity index (χ1) is 6.25. The molecule has 0 aliphatic carbocycles. The lowest BCUT2D eigenvalue weighted by Gasteiger charge is -2.04. The minimum atomic E-state index is -0.205. The third-order valence-corrected chi connectivity index (χ3v) is 2.27. The SMILES string of the molecule is CNCCCc1c(F)cccc1Cl. The summed E-state index contributed by atoms with van der Waals surface area (Å²) in [6, 6.07) is 4.79. The highest BCUT2D eigenvalue weighted by Crippen LogP contribution is 2.19. The minimum absolute atomic E-state index is 0.205. The average molecular weight is 202 g/mol. The summed E-state index contributed by atoms with van der Waals surface area (Å²) >= 11 is 5.85. The smallest absolute Gasteiger partial charge is 0.127 e. The highest BCUT2D eigenvalue weighted by atomic mass is 35.5. The molecule has 13 heavy (non-hydrogen) atoms. The molecule has 0 amide bonds. The molecule has 0 bridgehead atoms. The monoisotopic (exact) mass is 201 g/mol.